The zero-order valence-corrected chi connectivity index (χ0v) is 9.96. The lowest BCUT2D eigenvalue weighted by atomic mass is 10.0. The summed E-state index contributed by atoms with van der Waals surface area (Å²) >= 11 is 0. The summed E-state index contributed by atoms with van der Waals surface area (Å²) in [5.41, 5.74) is 4.07. The Morgan fingerprint density at radius 2 is 1.94 bits per heavy atom. The maximum absolute atomic E-state index is 12.2. The number of likely N-dealkylation sites (N-methyl/N-ethyl adjacent to an activating group) is 2. The van der Waals surface area contributed by atoms with E-state index >= 15 is 0 Å². The second-order valence-corrected chi connectivity index (χ2v) is 3.78. The average molecular weight is 236 g/mol. The smallest absolute Gasteiger partial charge is 0.228 e. The molecule has 1 aliphatic heterocycles. The third kappa shape index (κ3) is 2.16. The van der Waals surface area contributed by atoms with Gasteiger partial charge in [-0.15, -0.1) is 0 Å². The zero-order valence-electron chi connectivity index (χ0n) is 9.96. The third-order valence-corrected chi connectivity index (χ3v) is 2.53. The summed E-state index contributed by atoms with van der Waals surface area (Å²) in [6.07, 6.45) is 1.36. The molecule has 0 unspecified atom stereocenters. The van der Waals surface area contributed by atoms with Crippen molar-refractivity contribution in [2.24, 2.45) is 0 Å². The van der Waals surface area contributed by atoms with E-state index in [1.54, 1.807) is 5.01 Å². The number of rotatable bonds is 5. The van der Waals surface area contributed by atoms with Gasteiger partial charge < -0.3 is 10.6 Å². The molecule has 1 heterocycles. The van der Waals surface area contributed by atoms with Crippen LogP contribution in [0.5, 0.6) is 0 Å². The standard InChI is InChI=1S/C11H16N4O2/c1-3-12-7-5-8(16)9(13-4-2)10(11(7)17)15-6-14-15/h5,12-14H,3-4,6H2,1-2H3. The number of Topliss-reactive ketones (excluding diaryl/α,β-unsaturated/α-hetero) is 1. The second kappa shape index (κ2) is 4.58. The van der Waals surface area contributed by atoms with Crippen molar-refractivity contribution < 1.29 is 9.59 Å². The Kier molecular flexibility index (Phi) is 3.14. The van der Waals surface area contributed by atoms with Crippen molar-refractivity contribution in [1.82, 2.24) is 21.1 Å². The van der Waals surface area contributed by atoms with E-state index in [2.05, 4.69) is 16.1 Å². The first-order chi connectivity index (χ1) is 8.19. The van der Waals surface area contributed by atoms with E-state index in [0.29, 0.717) is 36.8 Å². The Morgan fingerprint density at radius 3 is 2.47 bits per heavy atom. The predicted molar refractivity (Wildman–Crippen MR) is 62.3 cm³/mol. The van der Waals surface area contributed by atoms with Gasteiger partial charge in [0.05, 0.1) is 5.70 Å². The molecule has 0 spiro atoms. The van der Waals surface area contributed by atoms with Crippen LogP contribution in [0.3, 0.4) is 0 Å². The van der Waals surface area contributed by atoms with Crippen LogP contribution in [0.25, 0.3) is 0 Å². The molecule has 92 valence electrons. The van der Waals surface area contributed by atoms with Crippen molar-refractivity contribution in [3.63, 3.8) is 0 Å². The molecule has 6 heteroatoms. The summed E-state index contributed by atoms with van der Waals surface area (Å²) < 4.78 is 0. The van der Waals surface area contributed by atoms with E-state index in [0.717, 1.165) is 0 Å². The maximum Gasteiger partial charge on any atom is 0.228 e. The van der Waals surface area contributed by atoms with Gasteiger partial charge in [-0.05, 0) is 13.8 Å². The lowest BCUT2D eigenvalue weighted by Crippen LogP contribution is -2.35. The number of hydrogen-bond donors (Lipinski definition) is 3. The van der Waals surface area contributed by atoms with E-state index in [1.807, 2.05) is 13.8 Å². The molecule has 0 bridgehead atoms. The number of hydrogen-bond acceptors (Lipinski definition) is 6. The molecule has 0 radical (unpaired) electrons. The van der Waals surface area contributed by atoms with E-state index in [9.17, 15) is 9.59 Å². The third-order valence-electron chi connectivity index (χ3n) is 2.53. The average Bonchev–Trinajstić information content (AvgIpc) is 3.10. The number of nitrogens with one attached hydrogen (secondary N) is 3. The molecule has 0 aromatic rings. The SMILES string of the molecule is CCNC1=CC(=O)C(NCC)=C(N2CN2)C1=O. The molecule has 0 aromatic carbocycles. The van der Waals surface area contributed by atoms with E-state index in [1.165, 1.54) is 6.08 Å². The summed E-state index contributed by atoms with van der Waals surface area (Å²) in [5, 5.41) is 7.54. The number of hydrazine groups is 1. The number of nitrogens with zero attached hydrogens (tertiary/aromatic N) is 1. The molecule has 0 atom stereocenters. The lowest BCUT2D eigenvalue weighted by Gasteiger charge is -2.20. The van der Waals surface area contributed by atoms with Gasteiger partial charge in [0.15, 0.2) is 0 Å². The summed E-state index contributed by atoms with van der Waals surface area (Å²) in [4.78, 5) is 24.1. The van der Waals surface area contributed by atoms with Gasteiger partial charge >= 0.3 is 0 Å². The number of carbonyl (C=O) groups excluding carboxylic acids is 2. The Labute approximate surface area is 99.7 Å². The predicted octanol–water partition coefficient (Wildman–Crippen LogP) is -0.770. The van der Waals surface area contributed by atoms with Crippen LogP contribution < -0.4 is 16.1 Å². The highest BCUT2D eigenvalue weighted by molar-refractivity contribution is 6.22. The van der Waals surface area contributed by atoms with E-state index in [-0.39, 0.29) is 11.6 Å². The van der Waals surface area contributed by atoms with Gasteiger partial charge in [-0.2, -0.15) is 0 Å². The highest BCUT2D eigenvalue weighted by Gasteiger charge is 2.36. The lowest BCUT2D eigenvalue weighted by molar-refractivity contribution is -0.117. The normalized spacial score (nSPS) is 19.4. The topological polar surface area (TPSA) is 83.2 Å². The van der Waals surface area contributed by atoms with Crippen LogP contribution in [-0.4, -0.2) is 36.3 Å². The minimum Gasteiger partial charge on any atom is -0.382 e. The van der Waals surface area contributed by atoms with Crippen molar-refractivity contribution in [3.05, 3.63) is 23.2 Å². The zero-order chi connectivity index (χ0) is 12.4. The Morgan fingerprint density at radius 1 is 1.29 bits per heavy atom. The van der Waals surface area contributed by atoms with Gasteiger partial charge in [-0.3, -0.25) is 14.6 Å². The van der Waals surface area contributed by atoms with Crippen LogP contribution in [0.2, 0.25) is 0 Å². The highest BCUT2D eigenvalue weighted by Crippen LogP contribution is 2.21. The van der Waals surface area contributed by atoms with Gasteiger partial charge in [0.1, 0.15) is 18.1 Å². The molecule has 3 N–H and O–H groups in total. The molecule has 2 aliphatic rings. The molecule has 1 saturated heterocycles. The Balaban J connectivity index is 2.33. The van der Waals surface area contributed by atoms with Crippen molar-refractivity contribution >= 4 is 11.6 Å². The van der Waals surface area contributed by atoms with Crippen LogP contribution in [0.4, 0.5) is 0 Å². The minimum absolute atomic E-state index is 0.146. The Bertz CT molecular complexity index is 421. The number of carbonyl (C=O) groups is 2. The minimum atomic E-state index is -0.161. The van der Waals surface area contributed by atoms with Gasteiger partial charge in [0.25, 0.3) is 0 Å². The first-order valence-electron chi connectivity index (χ1n) is 5.72. The van der Waals surface area contributed by atoms with Crippen LogP contribution in [-0.2, 0) is 9.59 Å². The number of allylic oxidation sites excluding steroid dienone is 1. The quantitative estimate of drug-likeness (QED) is 0.429. The van der Waals surface area contributed by atoms with Gasteiger partial charge in [0.2, 0.25) is 11.6 Å². The fourth-order valence-corrected chi connectivity index (χ4v) is 1.75. The molecule has 2 rings (SSSR count). The summed E-state index contributed by atoms with van der Waals surface area (Å²) in [6, 6.07) is 0. The fourth-order valence-electron chi connectivity index (χ4n) is 1.75. The largest absolute Gasteiger partial charge is 0.382 e. The van der Waals surface area contributed by atoms with Gasteiger partial charge in [0, 0.05) is 19.2 Å². The summed E-state index contributed by atoms with van der Waals surface area (Å²) in [5.74, 6) is -0.307. The van der Waals surface area contributed by atoms with Crippen LogP contribution in [0, 0.1) is 0 Å². The van der Waals surface area contributed by atoms with Crippen molar-refractivity contribution in [2.75, 3.05) is 19.8 Å². The maximum atomic E-state index is 12.2. The first-order valence-corrected chi connectivity index (χ1v) is 5.72. The molecule has 0 amide bonds. The van der Waals surface area contributed by atoms with Gasteiger partial charge in [-0.1, -0.05) is 0 Å². The summed E-state index contributed by atoms with van der Waals surface area (Å²) in [6.45, 7) is 5.60. The molecule has 6 nitrogen and oxygen atoms in total. The fraction of sp³-hybridized carbons (Fsp3) is 0.455. The van der Waals surface area contributed by atoms with Crippen LogP contribution >= 0.6 is 0 Å². The molecule has 1 fully saturated rings. The molecule has 0 saturated carbocycles. The molecule has 0 aromatic heterocycles. The molecule has 1 aliphatic carbocycles. The highest BCUT2D eigenvalue weighted by atomic mass is 16.1. The van der Waals surface area contributed by atoms with Crippen molar-refractivity contribution in [2.45, 2.75) is 13.8 Å². The van der Waals surface area contributed by atoms with Gasteiger partial charge in [-0.25, -0.2) is 5.43 Å². The van der Waals surface area contributed by atoms with Crippen LogP contribution in [0.15, 0.2) is 23.2 Å². The first kappa shape index (κ1) is 11.7. The molecule has 17 heavy (non-hydrogen) atoms. The monoisotopic (exact) mass is 236 g/mol. The summed E-state index contributed by atoms with van der Waals surface area (Å²) in [7, 11) is 0. The van der Waals surface area contributed by atoms with Crippen molar-refractivity contribution in [3.8, 4) is 0 Å². The number of ketones is 2. The van der Waals surface area contributed by atoms with E-state index < -0.39 is 0 Å². The molecular formula is C11H16N4O2. The Hall–Kier alpha value is -1.82. The molecular weight excluding hydrogens is 220 g/mol. The second-order valence-electron chi connectivity index (χ2n) is 3.78. The van der Waals surface area contributed by atoms with E-state index in [4.69, 9.17) is 0 Å². The van der Waals surface area contributed by atoms with Crippen LogP contribution in [0.1, 0.15) is 13.8 Å². The van der Waals surface area contributed by atoms with Crippen molar-refractivity contribution in [1.29, 1.82) is 0 Å².